The molecule has 1 saturated carbocycles. The highest BCUT2D eigenvalue weighted by molar-refractivity contribution is 7.90. The maximum absolute atomic E-state index is 12.2. The summed E-state index contributed by atoms with van der Waals surface area (Å²) in [6, 6.07) is 5.58. The summed E-state index contributed by atoms with van der Waals surface area (Å²) < 4.78 is 28.1. The molecule has 0 unspecified atom stereocenters. The highest BCUT2D eigenvalue weighted by Crippen LogP contribution is 2.23. The molecule has 1 amide bonds. The Hall–Kier alpha value is -1.89. The number of hydrogen-bond donors (Lipinski definition) is 1. The first kappa shape index (κ1) is 19.4. The smallest absolute Gasteiger partial charge is 0.338 e. The van der Waals surface area contributed by atoms with E-state index in [9.17, 15) is 18.0 Å². The lowest BCUT2D eigenvalue weighted by molar-refractivity contribution is -0.130. The number of hydrogen-bond acceptors (Lipinski definition) is 5. The van der Waals surface area contributed by atoms with Crippen LogP contribution >= 0.6 is 0 Å². The zero-order valence-corrected chi connectivity index (χ0v) is 15.6. The molecule has 6 nitrogen and oxygen atoms in total. The van der Waals surface area contributed by atoms with Crippen LogP contribution in [0.1, 0.15) is 49.9 Å². The molecule has 7 heteroatoms. The summed E-state index contributed by atoms with van der Waals surface area (Å²) >= 11 is 0. The molecule has 0 aliphatic heterocycles. The fourth-order valence-electron chi connectivity index (χ4n) is 2.95. The van der Waals surface area contributed by atoms with Crippen molar-refractivity contribution >= 4 is 21.7 Å². The Labute approximate surface area is 148 Å². The number of nitrogens with one attached hydrogen (secondary N) is 1. The fraction of sp³-hybridized carbons (Fsp3) is 0.556. The first-order valence-corrected chi connectivity index (χ1v) is 10.4. The topological polar surface area (TPSA) is 89.5 Å². The van der Waals surface area contributed by atoms with Gasteiger partial charge in [-0.2, -0.15) is 0 Å². The van der Waals surface area contributed by atoms with Crippen LogP contribution in [0.4, 0.5) is 0 Å². The summed E-state index contributed by atoms with van der Waals surface area (Å²) in [5, 5.41) is 2.96. The van der Waals surface area contributed by atoms with Gasteiger partial charge in [0.15, 0.2) is 15.9 Å². The predicted octanol–water partition coefficient (Wildman–Crippen LogP) is 2.33. The van der Waals surface area contributed by atoms with Gasteiger partial charge in [0.2, 0.25) is 0 Å². The summed E-state index contributed by atoms with van der Waals surface area (Å²) in [6.07, 6.45) is 4.50. The van der Waals surface area contributed by atoms with Crippen LogP contribution < -0.4 is 5.32 Å². The number of benzene rings is 1. The van der Waals surface area contributed by atoms with Gasteiger partial charge in [-0.05, 0) is 49.9 Å². The summed E-state index contributed by atoms with van der Waals surface area (Å²) in [6.45, 7) is 3.65. The van der Waals surface area contributed by atoms with Crippen LogP contribution in [0.5, 0.6) is 0 Å². The lowest BCUT2D eigenvalue weighted by Gasteiger charge is -2.30. The van der Waals surface area contributed by atoms with Gasteiger partial charge in [-0.15, -0.1) is 0 Å². The molecular weight excluding hydrogens is 342 g/mol. The number of carbonyl (C=O) groups is 2. The van der Waals surface area contributed by atoms with E-state index in [-0.39, 0.29) is 22.4 Å². The van der Waals surface area contributed by atoms with E-state index in [0.717, 1.165) is 25.5 Å². The molecule has 2 rings (SSSR count). The third kappa shape index (κ3) is 5.29. The molecule has 1 aliphatic rings. The molecule has 1 aromatic rings. The summed E-state index contributed by atoms with van der Waals surface area (Å²) in [4.78, 5) is 24.5. The maximum atomic E-state index is 12.2. The Morgan fingerprint density at radius 3 is 2.32 bits per heavy atom. The molecule has 25 heavy (non-hydrogen) atoms. The van der Waals surface area contributed by atoms with Crippen LogP contribution in [0.25, 0.3) is 0 Å². The molecular formula is C18H25NO5S. The number of ether oxygens (including phenoxy) is 1. The van der Waals surface area contributed by atoms with Crippen molar-refractivity contribution in [2.75, 3.05) is 6.26 Å². The first-order valence-electron chi connectivity index (χ1n) is 8.50. The minimum atomic E-state index is -3.32. The fourth-order valence-corrected chi connectivity index (χ4v) is 3.58. The first-order chi connectivity index (χ1) is 11.7. The van der Waals surface area contributed by atoms with Gasteiger partial charge >= 0.3 is 5.97 Å². The second-order valence-corrected chi connectivity index (χ2v) is 8.74. The average molecular weight is 367 g/mol. The van der Waals surface area contributed by atoms with E-state index in [2.05, 4.69) is 12.2 Å². The van der Waals surface area contributed by atoms with Crippen LogP contribution in [0.15, 0.2) is 29.2 Å². The normalized spacial score (nSPS) is 22.0. The highest BCUT2D eigenvalue weighted by Gasteiger charge is 2.26. The van der Waals surface area contributed by atoms with Gasteiger partial charge in [0, 0.05) is 12.3 Å². The van der Waals surface area contributed by atoms with Crippen molar-refractivity contribution in [3.8, 4) is 0 Å². The average Bonchev–Trinajstić information content (AvgIpc) is 2.56. The molecule has 1 N–H and O–H groups in total. The zero-order chi connectivity index (χ0) is 18.6. The third-order valence-electron chi connectivity index (χ3n) is 4.61. The van der Waals surface area contributed by atoms with Crippen LogP contribution in [0.3, 0.4) is 0 Å². The summed E-state index contributed by atoms with van der Waals surface area (Å²) in [5.74, 6) is -0.539. The Balaban J connectivity index is 1.93. The molecule has 0 radical (unpaired) electrons. The molecule has 0 spiro atoms. The Bertz CT molecular complexity index is 726. The summed E-state index contributed by atoms with van der Waals surface area (Å²) in [7, 11) is -3.32. The summed E-state index contributed by atoms with van der Waals surface area (Å²) in [5.41, 5.74) is 0.207. The van der Waals surface area contributed by atoms with E-state index in [0.29, 0.717) is 5.92 Å². The van der Waals surface area contributed by atoms with Gasteiger partial charge in [-0.3, -0.25) is 4.79 Å². The van der Waals surface area contributed by atoms with Gasteiger partial charge in [-0.25, -0.2) is 13.2 Å². The van der Waals surface area contributed by atoms with Crippen LogP contribution in [0, 0.1) is 5.92 Å². The zero-order valence-electron chi connectivity index (χ0n) is 14.8. The Morgan fingerprint density at radius 2 is 1.76 bits per heavy atom. The van der Waals surface area contributed by atoms with Gasteiger partial charge in [0.05, 0.1) is 10.5 Å². The standard InChI is InChI=1S/C18H25NO5S/c1-12-6-4-5-7-16(12)19-17(20)13(2)24-18(21)14-8-10-15(11-9-14)25(3,22)23/h8-13,16H,4-7H2,1-3H3,(H,19,20)/t12-,13+,16-/m1/s1. The Morgan fingerprint density at radius 1 is 1.16 bits per heavy atom. The number of carbonyl (C=O) groups excluding carboxylic acids is 2. The van der Waals surface area contributed by atoms with E-state index in [1.807, 2.05) is 0 Å². The molecule has 0 aromatic heterocycles. The van der Waals surface area contributed by atoms with Gasteiger partial charge in [0.25, 0.3) is 5.91 Å². The van der Waals surface area contributed by atoms with Gasteiger partial charge < -0.3 is 10.1 Å². The molecule has 0 heterocycles. The molecule has 1 aliphatic carbocycles. The lowest BCUT2D eigenvalue weighted by atomic mass is 9.86. The van der Waals surface area contributed by atoms with E-state index in [1.165, 1.54) is 37.6 Å². The van der Waals surface area contributed by atoms with Gasteiger partial charge in [0.1, 0.15) is 0 Å². The highest BCUT2D eigenvalue weighted by atomic mass is 32.2. The number of sulfone groups is 1. The number of rotatable bonds is 5. The van der Waals surface area contributed by atoms with Gasteiger partial charge in [-0.1, -0.05) is 19.8 Å². The largest absolute Gasteiger partial charge is 0.449 e. The second kappa shape index (κ2) is 7.99. The monoisotopic (exact) mass is 367 g/mol. The molecule has 0 bridgehead atoms. The maximum Gasteiger partial charge on any atom is 0.338 e. The molecule has 0 saturated heterocycles. The van der Waals surface area contributed by atoms with Crippen molar-refractivity contribution in [3.05, 3.63) is 29.8 Å². The molecule has 3 atom stereocenters. The number of amides is 1. The quantitative estimate of drug-likeness (QED) is 0.807. The Kier molecular flexibility index (Phi) is 6.21. The van der Waals surface area contributed by atoms with Crippen LogP contribution in [-0.4, -0.2) is 38.7 Å². The van der Waals surface area contributed by atoms with E-state index < -0.39 is 21.9 Å². The third-order valence-corrected chi connectivity index (χ3v) is 5.74. The van der Waals surface area contributed by atoms with Crippen molar-refractivity contribution < 1.29 is 22.7 Å². The predicted molar refractivity (Wildman–Crippen MR) is 94.0 cm³/mol. The van der Waals surface area contributed by atoms with E-state index >= 15 is 0 Å². The molecule has 1 fully saturated rings. The lowest BCUT2D eigenvalue weighted by Crippen LogP contribution is -2.45. The van der Waals surface area contributed by atoms with E-state index in [4.69, 9.17) is 4.74 Å². The van der Waals surface area contributed by atoms with Crippen molar-refractivity contribution in [1.29, 1.82) is 0 Å². The minimum Gasteiger partial charge on any atom is -0.449 e. The van der Waals surface area contributed by atoms with Crippen LogP contribution in [0.2, 0.25) is 0 Å². The second-order valence-electron chi connectivity index (χ2n) is 6.72. The van der Waals surface area contributed by atoms with Crippen molar-refractivity contribution in [3.63, 3.8) is 0 Å². The van der Waals surface area contributed by atoms with Crippen molar-refractivity contribution in [2.24, 2.45) is 5.92 Å². The molecule has 138 valence electrons. The van der Waals surface area contributed by atoms with Crippen molar-refractivity contribution in [1.82, 2.24) is 5.32 Å². The minimum absolute atomic E-state index is 0.122. The van der Waals surface area contributed by atoms with E-state index in [1.54, 1.807) is 0 Å². The van der Waals surface area contributed by atoms with Crippen LogP contribution in [-0.2, 0) is 19.4 Å². The van der Waals surface area contributed by atoms with Crippen molar-refractivity contribution in [2.45, 2.75) is 56.6 Å². The molecule has 1 aromatic carbocycles. The SMILES string of the molecule is C[C@H](OC(=O)c1ccc(S(C)(=O)=O)cc1)C(=O)N[C@@H]1CCCC[C@H]1C. The number of esters is 1.